The fraction of sp³-hybridized carbons (Fsp3) is 0.391. The van der Waals surface area contributed by atoms with Gasteiger partial charge in [0.05, 0.1) is 4.90 Å². The topological polar surface area (TPSA) is 86.8 Å². The summed E-state index contributed by atoms with van der Waals surface area (Å²) >= 11 is 1.58. The second kappa shape index (κ2) is 9.64. The predicted octanol–water partition coefficient (Wildman–Crippen LogP) is 3.50. The van der Waals surface area contributed by atoms with E-state index in [1.807, 2.05) is 24.5 Å². The molecule has 1 fully saturated rings. The van der Waals surface area contributed by atoms with Gasteiger partial charge < -0.3 is 10.2 Å². The number of fused-ring (bicyclic) bond motifs is 1. The lowest BCUT2D eigenvalue weighted by Gasteiger charge is -2.30. The van der Waals surface area contributed by atoms with E-state index < -0.39 is 10.0 Å². The highest BCUT2D eigenvalue weighted by molar-refractivity contribution is 7.98. The summed E-state index contributed by atoms with van der Waals surface area (Å²) in [6, 6.07) is 12.4. The molecular formula is C23H27N3O4S2. The van der Waals surface area contributed by atoms with Gasteiger partial charge in [0.2, 0.25) is 21.8 Å². The van der Waals surface area contributed by atoms with Crippen LogP contribution in [-0.2, 0) is 26.0 Å². The standard InChI is InChI=1S/C23H27N3O4S2/c1-31-19-7-5-6-18(15-19)24-22(27)16-26-21-10-9-20(14-17(21)8-11-23(26)28)32(29,30)25-12-3-2-4-13-25/h5-7,9-10,14-15H,2-4,8,11-13,16H2,1H3,(H,24,27). The minimum Gasteiger partial charge on any atom is -0.324 e. The van der Waals surface area contributed by atoms with E-state index in [0.717, 1.165) is 29.7 Å². The predicted molar refractivity (Wildman–Crippen MR) is 127 cm³/mol. The number of amides is 2. The fourth-order valence-electron chi connectivity index (χ4n) is 4.17. The number of hydrogen-bond acceptors (Lipinski definition) is 5. The number of benzene rings is 2. The lowest BCUT2D eigenvalue weighted by molar-refractivity contribution is -0.121. The first-order chi connectivity index (χ1) is 15.4. The van der Waals surface area contributed by atoms with E-state index in [9.17, 15) is 18.0 Å². The summed E-state index contributed by atoms with van der Waals surface area (Å²) in [6.07, 6.45) is 5.48. The Hall–Kier alpha value is -2.36. The van der Waals surface area contributed by atoms with Gasteiger partial charge in [-0.15, -0.1) is 11.8 Å². The maximum absolute atomic E-state index is 13.0. The fourth-order valence-corrected chi connectivity index (χ4v) is 6.20. The van der Waals surface area contributed by atoms with E-state index in [1.54, 1.807) is 40.3 Å². The molecule has 0 saturated carbocycles. The monoisotopic (exact) mass is 473 g/mol. The Bertz CT molecular complexity index is 1130. The summed E-state index contributed by atoms with van der Waals surface area (Å²) in [5, 5.41) is 2.85. The molecule has 32 heavy (non-hydrogen) atoms. The van der Waals surface area contributed by atoms with Crippen molar-refractivity contribution in [2.45, 2.75) is 41.9 Å². The Morgan fingerprint density at radius 1 is 1.06 bits per heavy atom. The Balaban J connectivity index is 1.53. The first-order valence-electron chi connectivity index (χ1n) is 10.8. The summed E-state index contributed by atoms with van der Waals surface area (Å²) in [5.41, 5.74) is 2.06. The zero-order valence-electron chi connectivity index (χ0n) is 18.0. The number of anilines is 2. The van der Waals surface area contributed by atoms with Crippen LogP contribution in [-0.4, -0.2) is 50.4 Å². The van der Waals surface area contributed by atoms with Crippen molar-refractivity contribution in [3.8, 4) is 0 Å². The second-order valence-corrected chi connectivity index (χ2v) is 10.8. The summed E-state index contributed by atoms with van der Waals surface area (Å²) in [6.45, 7) is 0.970. The van der Waals surface area contributed by atoms with Crippen LogP contribution in [0.4, 0.5) is 11.4 Å². The number of nitrogens with one attached hydrogen (secondary N) is 1. The summed E-state index contributed by atoms with van der Waals surface area (Å²) < 4.78 is 27.6. The van der Waals surface area contributed by atoms with Gasteiger partial charge in [0.25, 0.3) is 0 Å². The van der Waals surface area contributed by atoms with Crippen LogP contribution in [0.2, 0.25) is 0 Å². The lowest BCUT2D eigenvalue weighted by atomic mass is 10.0. The largest absolute Gasteiger partial charge is 0.324 e. The molecule has 2 aliphatic rings. The first kappa shape index (κ1) is 22.8. The van der Waals surface area contributed by atoms with Crippen molar-refractivity contribution in [3.05, 3.63) is 48.0 Å². The third-order valence-corrected chi connectivity index (χ3v) is 8.48. The highest BCUT2D eigenvalue weighted by atomic mass is 32.2. The van der Waals surface area contributed by atoms with Crippen molar-refractivity contribution in [2.75, 3.05) is 36.1 Å². The first-order valence-corrected chi connectivity index (χ1v) is 13.4. The number of sulfonamides is 1. The van der Waals surface area contributed by atoms with E-state index in [-0.39, 0.29) is 29.7 Å². The number of thioether (sulfide) groups is 1. The zero-order chi connectivity index (χ0) is 22.7. The van der Waals surface area contributed by atoms with Crippen LogP contribution in [0.1, 0.15) is 31.2 Å². The minimum atomic E-state index is -3.55. The molecule has 2 aliphatic heterocycles. The molecule has 1 N–H and O–H groups in total. The average molecular weight is 474 g/mol. The van der Waals surface area contributed by atoms with Crippen molar-refractivity contribution in [3.63, 3.8) is 0 Å². The molecule has 0 aliphatic carbocycles. The van der Waals surface area contributed by atoms with Crippen LogP contribution in [0.5, 0.6) is 0 Å². The summed E-state index contributed by atoms with van der Waals surface area (Å²) in [7, 11) is -3.55. The molecule has 2 amide bonds. The van der Waals surface area contributed by atoms with Crippen LogP contribution in [0.15, 0.2) is 52.3 Å². The van der Waals surface area contributed by atoms with Crippen LogP contribution in [0.25, 0.3) is 0 Å². The van der Waals surface area contributed by atoms with Crippen LogP contribution >= 0.6 is 11.8 Å². The van der Waals surface area contributed by atoms with E-state index in [0.29, 0.717) is 30.9 Å². The molecule has 1 saturated heterocycles. The quantitative estimate of drug-likeness (QED) is 0.649. The molecule has 2 aromatic rings. The van der Waals surface area contributed by atoms with Gasteiger partial charge in [0, 0.05) is 35.8 Å². The Kier molecular flexibility index (Phi) is 6.88. The minimum absolute atomic E-state index is 0.118. The Labute approximate surface area is 193 Å². The Morgan fingerprint density at radius 3 is 2.59 bits per heavy atom. The van der Waals surface area contributed by atoms with Gasteiger partial charge in [-0.05, 0) is 67.5 Å². The van der Waals surface area contributed by atoms with Gasteiger partial charge in [0.1, 0.15) is 6.54 Å². The van der Waals surface area contributed by atoms with Gasteiger partial charge in [-0.1, -0.05) is 12.5 Å². The smallest absolute Gasteiger partial charge is 0.244 e. The molecule has 0 atom stereocenters. The highest BCUT2D eigenvalue weighted by Crippen LogP contribution is 2.31. The van der Waals surface area contributed by atoms with Crippen molar-refractivity contribution >= 4 is 45.0 Å². The van der Waals surface area contributed by atoms with Gasteiger partial charge >= 0.3 is 0 Å². The highest BCUT2D eigenvalue weighted by Gasteiger charge is 2.30. The van der Waals surface area contributed by atoms with Gasteiger partial charge in [-0.2, -0.15) is 4.31 Å². The molecule has 4 rings (SSSR count). The third kappa shape index (κ3) is 4.84. The maximum Gasteiger partial charge on any atom is 0.244 e. The number of hydrogen-bond donors (Lipinski definition) is 1. The lowest BCUT2D eigenvalue weighted by Crippen LogP contribution is -2.41. The molecule has 0 unspecified atom stereocenters. The Morgan fingerprint density at radius 2 is 1.84 bits per heavy atom. The van der Waals surface area contributed by atoms with Crippen molar-refractivity contribution in [1.29, 1.82) is 0 Å². The second-order valence-electron chi connectivity index (χ2n) is 8.02. The zero-order valence-corrected chi connectivity index (χ0v) is 19.7. The normalized spacial score (nSPS) is 17.2. The molecule has 9 heteroatoms. The van der Waals surface area contributed by atoms with Crippen LogP contribution in [0.3, 0.4) is 0 Å². The number of carbonyl (C=O) groups excluding carboxylic acids is 2. The van der Waals surface area contributed by atoms with Crippen molar-refractivity contribution < 1.29 is 18.0 Å². The molecule has 2 aromatic carbocycles. The molecular weight excluding hydrogens is 446 g/mol. The van der Waals surface area contributed by atoms with Gasteiger partial charge in [0.15, 0.2) is 0 Å². The molecule has 0 aromatic heterocycles. The molecule has 0 spiro atoms. The van der Waals surface area contributed by atoms with Crippen molar-refractivity contribution in [2.24, 2.45) is 0 Å². The van der Waals surface area contributed by atoms with Gasteiger partial charge in [-0.3, -0.25) is 9.59 Å². The average Bonchev–Trinajstić information content (AvgIpc) is 2.81. The molecule has 0 bridgehead atoms. The van der Waals surface area contributed by atoms with Crippen LogP contribution < -0.4 is 10.2 Å². The van der Waals surface area contributed by atoms with Crippen LogP contribution in [0, 0.1) is 0 Å². The number of piperidine rings is 1. The molecule has 0 radical (unpaired) electrons. The summed E-state index contributed by atoms with van der Waals surface area (Å²) in [4.78, 5) is 28.0. The third-order valence-electron chi connectivity index (χ3n) is 5.86. The molecule has 170 valence electrons. The van der Waals surface area contributed by atoms with E-state index in [1.165, 1.54) is 4.90 Å². The van der Waals surface area contributed by atoms with Gasteiger partial charge in [-0.25, -0.2) is 8.42 Å². The van der Waals surface area contributed by atoms with Crippen molar-refractivity contribution in [1.82, 2.24) is 4.31 Å². The van der Waals surface area contributed by atoms with E-state index >= 15 is 0 Å². The van der Waals surface area contributed by atoms with E-state index in [2.05, 4.69) is 5.32 Å². The maximum atomic E-state index is 13.0. The number of carbonyl (C=O) groups is 2. The number of aryl methyl sites for hydroxylation is 1. The molecule has 2 heterocycles. The number of nitrogens with zero attached hydrogens (tertiary/aromatic N) is 2. The molecule has 7 nitrogen and oxygen atoms in total. The van der Waals surface area contributed by atoms with E-state index in [4.69, 9.17) is 0 Å². The summed E-state index contributed by atoms with van der Waals surface area (Å²) in [5.74, 6) is -0.438. The number of rotatable bonds is 6. The SMILES string of the molecule is CSc1cccc(NC(=O)CN2C(=O)CCc3cc(S(=O)(=O)N4CCCCC4)ccc32)c1.